The number of aromatic nitrogens is 2. The molecule has 0 spiro atoms. The van der Waals surface area contributed by atoms with Crippen molar-refractivity contribution in [1.82, 2.24) is 9.13 Å². The minimum Gasteiger partial charge on any atom is -0.311 e. The van der Waals surface area contributed by atoms with Crippen LogP contribution in [0.25, 0.3) is 77.2 Å². The molecule has 0 bridgehead atoms. The minimum atomic E-state index is -0.0715. The van der Waals surface area contributed by atoms with E-state index in [4.69, 9.17) is 0 Å². The van der Waals surface area contributed by atoms with Crippen molar-refractivity contribution in [2.24, 2.45) is 5.41 Å². The third-order valence-corrected chi connectivity index (χ3v) is 16.0. The molecule has 0 atom stereocenters. The first-order valence-corrected chi connectivity index (χ1v) is 26.7. The van der Waals surface area contributed by atoms with Crippen molar-refractivity contribution >= 4 is 101 Å². The van der Waals surface area contributed by atoms with Gasteiger partial charge in [0.25, 0.3) is 6.71 Å². The van der Waals surface area contributed by atoms with Crippen LogP contribution in [-0.2, 0) is 6.42 Å². The van der Waals surface area contributed by atoms with Crippen LogP contribution in [0.2, 0.25) is 0 Å². The summed E-state index contributed by atoms with van der Waals surface area (Å²) in [5.41, 5.74) is 24.1. The van der Waals surface area contributed by atoms with E-state index in [1.807, 2.05) is 0 Å². The van der Waals surface area contributed by atoms with Gasteiger partial charge in [0, 0.05) is 67.0 Å². The van der Waals surface area contributed by atoms with E-state index >= 15 is 0 Å². The van der Waals surface area contributed by atoms with Crippen molar-refractivity contribution in [2.45, 2.75) is 27.2 Å². The summed E-state index contributed by atoms with van der Waals surface area (Å²) in [6, 6.07) is 95.0. The third kappa shape index (κ3) is 6.99. The molecule has 5 heteroatoms. The number of rotatable bonds is 7. The Labute approximate surface area is 444 Å². The van der Waals surface area contributed by atoms with Gasteiger partial charge in [0.2, 0.25) is 0 Å². The molecule has 2 aliphatic heterocycles. The smallest absolute Gasteiger partial charge is 0.252 e. The van der Waals surface area contributed by atoms with Gasteiger partial charge in [-0.15, -0.1) is 0 Å². The van der Waals surface area contributed by atoms with Gasteiger partial charge < -0.3 is 18.9 Å². The summed E-state index contributed by atoms with van der Waals surface area (Å²) >= 11 is 0. The second-order valence-corrected chi connectivity index (χ2v) is 21.9. The minimum absolute atomic E-state index is 0.0250. The van der Waals surface area contributed by atoms with Crippen LogP contribution in [0.4, 0.5) is 34.1 Å². The Morgan fingerprint density at radius 3 is 1.01 bits per heavy atom. The van der Waals surface area contributed by atoms with Crippen LogP contribution in [0.1, 0.15) is 26.3 Å². The van der Waals surface area contributed by atoms with Crippen LogP contribution in [0, 0.1) is 5.41 Å². The first-order chi connectivity index (χ1) is 37.3. The highest BCUT2D eigenvalue weighted by atomic mass is 15.2. The van der Waals surface area contributed by atoms with Crippen molar-refractivity contribution in [2.75, 3.05) is 9.80 Å². The van der Waals surface area contributed by atoms with Gasteiger partial charge in [-0.2, -0.15) is 0 Å². The van der Waals surface area contributed by atoms with Crippen molar-refractivity contribution in [3.63, 3.8) is 0 Å². The summed E-state index contributed by atoms with van der Waals surface area (Å²) in [5.74, 6) is 0. The van der Waals surface area contributed by atoms with Gasteiger partial charge in [-0.3, -0.25) is 0 Å². The number of para-hydroxylation sites is 4. The average molecular weight is 973 g/mol. The molecule has 0 unspecified atom stereocenters. The van der Waals surface area contributed by atoms with E-state index in [9.17, 15) is 0 Å². The lowest BCUT2D eigenvalue weighted by Crippen LogP contribution is -2.61. The van der Waals surface area contributed by atoms with Crippen LogP contribution in [0.15, 0.2) is 255 Å². The zero-order valence-corrected chi connectivity index (χ0v) is 42.8. The molecule has 0 fully saturated rings. The molecule has 2 aromatic heterocycles. The number of hydrogen-bond donors (Lipinski definition) is 0. The van der Waals surface area contributed by atoms with Crippen molar-refractivity contribution in [1.29, 1.82) is 0 Å². The zero-order chi connectivity index (χ0) is 50.6. The predicted octanol–water partition coefficient (Wildman–Crippen LogP) is 16.9. The maximum absolute atomic E-state index is 2.58. The summed E-state index contributed by atoms with van der Waals surface area (Å²) in [5, 5.41) is 5.01. The van der Waals surface area contributed by atoms with Gasteiger partial charge in [-0.05, 0) is 141 Å². The molecule has 11 aromatic carbocycles. The molecule has 0 amide bonds. The molecule has 0 saturated carbocycles. The Morgan fingerprint density at radius 1 is 0.316 bits per heavy atom. The maximum atomic E-state index is 2.58. The van der Waals surface area contributed by atoms with Crippen molar-refractivity contribution in [3.05, 3.63) is 260 Å². The van der Waals surface area contributed by atoms with E-state index in [1.165, 1.54) is 111 Å². The fourth-order valence-electron chi connectivity index (χ4n) is 12.8. The van der Waals surface area contributed by atoms with E-state index in [-0.39, 0.29) is 12.1 Å². The molecule has 0 radical (unpaired) electrons. The van der Waals surface area contributed by atoms with E-state index in [0.717, 1.165) is 29.2 Å². The SMILES string of the molecule is CC(C)(C)Cc1cc2c3c(c1)N(c1ccc(-c4ccccc4)cc1)c1cc(-n4c5ccccc5c5ccccc54)ccc1B3c1ccc(-n3c4ccccc4c4ccccc43)cc1N2c1ccc(-c2ccccc2)cc1. The molecular weight excluding hydrogens is 920 g/mol. The lowest BCUT2D eigenvalue weighted by molar-refractivity contribution is 0.411. The van der Waals surface area contributed by atoms with Gasteiger partial charge in [0.15, 0.2) is 0 Å². The van der Waals surface area contributed by atoms with Crippen LogP contribution in [0.5, 0.6) is 0 Å². The summed E-state index contributed by atoms with van der Waals surface area (Å²) in [6.45, 7) is 7.02. The number of fused-ring (bicyclic) bond motifs is 10. The molecule has 0 N–H and O–H groups in total. The molecule has 360 valence electrons. The van der Waals surface area contributed by atoms with E-state index in [1.54, 1.807) is 0 Å². The second kappa shape index (κ2) is 17.1. The second-order valence-electron chi connectivity index (χ2n) is 21.9. The topological polar surface area (TPSA) is 16.3 Å². The van der Waals surface area contributed by atoms with Crippen LogP contribution >= 0.6 is 0 Å². The lowest BCUT2D eigenvalue weighted by Gasteiger charge is -2.45. The van der Waals surface area contributed by atoms with E-state index in [2.05, 4.69) is 294 Å². The number of anilines is 6. The zero-order valence-electron chi connectivity index (χ0n) is 42.8. The van der Waals surface area contributed by atoms with Gasteiger partial charge in [-0.1, -0.05) is 191 Å². The molecule has 0 aliphatic carbocycles. The van der Waals surface area contributed by atoms with Gasteiger partial charge in [-0.25, -0.2) is 0 Å². The molecule has 15 rings (SSSR count). The number of nitrogens with zero attached hydrogens (tertiary/aromatic N) is 4. The van der Waals surface area contributed by atoms with Crippen molar-refractivity contribution in [3.8, 4) is 33.6 Å². The summed E-state index contributed by atoms with van der Waals surface area (Å²) in [4.78, 5) is 5.16. The highest BCUT2D eigenvalue weighted by Crippen LogP contribution is 2.47. The van der Waals surface area contributed by atoms with Crippen LogP contribution < -0.4 is 26.2 Å². The van der Waals surface area contributed by atoms with Gasteiger partial charge in [0.05, 0.1) is 22.1 Å². The molecule has 4 nitrogen and oxygen atoms in total. The highest BCUT2D eigenvalue weighted by molar-refractivity contribution is 7.00. The fourth-order valence-corrected chi connectivity index (χ4v) is 12.8. The quantitative estimate of drug-likeness (QED) is 0.148. The summed E-state index contributed by atoms with van der Waals surface area (Å²) in [7, 11) is 0. The van der Waals surface area contributed by atoms with Gasteiger partial charge >= 0.3 is 0 Å². The summed E-state index contributed by atoms with van der Waals surface area (Å²) in [6.07, 6.45) is 0.905. The largest absolute Gasteiger partial charge is 0.311 e. The Balaban J connectivity index is 1.02. The van der Waals surface area contributed by atoms with E-state index < -0.39 is 0 Å². The summed E-state index contributed by atoms with van der Waals surface area (Å²) < 4.78 is 4.93. The predicted molar refractivity (Wildman–Crippen MR) is 323 cm³/mol. The highest BCUT2D eigenvalue weighted by Gasteiger charge is 2.44. The number of hydrogen-bond acceptors (Lipinski definition) is 2. The Hall–Kier alpha value is -9.32. The third-order valence-electron chi connectivity index (χ3n) is 16.0. The normalized spacial score (nSPS) is 12.9. The maximum Gasteiger partial charge on any atom is 0.252 e. The molecule has 4 heterocycles. The fraction of sp³-hybridized carbons (Fsp3) is 0.0704. The Kier molecular flexibility index (Phi) is 9.96. The van der Waals surface area contributed by atoms with Crippen LogP contribution in [-0.4, -0.2) is 15.8 Å². The first kappa shape index (κ1) is 44.2. The molecule has 2 aliphatic rings. The lowest BCUT2D eigenvalue weighted by atomic mass is 9.33. The van der Waals surface area contributed by atoms with Gasteiger partial charge in [0.1, 0.15) is 0 Å². The molecular formula is C71H53BN4. The molecule has 13 aromatic rings. The Bertz CT molecular complexity index is 4030. The standard InChI is InChI=1S/C71H53BN4/c1-71(2,3)46-47-42-68-70-69(43-47)74(53-36-32-51(33-37-53)49-20-8-5-9-21-49)67-45-55(76-64-28-16-12-24-58(64)59-25-13-17-29-65(59)76)39-41-61(67)72(70)60-40-38-54(75-62-26-14-10-22-56(62)57-23-11-15-27-63(57)75)44-66(60)73(68)52-34-30-50(31-35-52)48-18-6-4-7-19-48/h4-45H,46H2,1-3H3. The number of benzene rings is 11. The van der Waals surface area contributed by atoms with Crippen LogP contribution in [0.3, 0.4) is 0 Å². The van der Waals surface area contributed by atoms with E-state index in [0.29, 0.717) is 0 Å². The molecule has 76 heavy (non-hydrogen) atoms. The first-order valence-electron chi connectivity index (χ1n) is 26.7. The monoisotopic (exact) mass is 972 g/mol. The average Bonchev–Trinajstić information content (AvgIpc) is 4.08. The van der Waals surface area contributed by atoms with Crippen molar-refractivity contribution < 1.29 is 0 Å². The molecule has 0 saturated heterocycles. The Morgan fingerprint density at radius 2 is 0.645 bits per heavy atom.